The zero-order chi connectivity index (χ0) is 19.8. The molecule has 0 saturated heterocycles. The molecule has 1 atom stereocenters. The molecule has 0 bridgehead atoms. The van der Waals surface area contributed by atoms with E-state index in [4.69, 9.17) is 28.3 Å². The molecule has 0 aromatic heterocycles. The highest BCUT2D eigenvalue weighted by Gasteiger charge is 2.26. The van der Waals surface area contributed by atoms with E-state index in [1.54, 1.807) is 43.3 Å². The molecule has 2 rings (SSSR count). The molecule has 2 N–H and O–H groups in total. The summed E-state index contributed by atoms with van der Waals surface area (Å²) < 4.78 is 0. The van der Waals surface area contributed by atoms with Crippen molar-refractivity contribution < 1.29 is 14.7 Å². The molecule has 0 spiro atoms. The number of rotatable bonds is 8. The minimum Gasteiger partial charge on any atom is -0.395 e. The van der Waals surface area contributed by atoms with E-state index in [-0.39, 0.29) is 37.9 Å². The summed E-state index contributed by atoms with van der Waals surface area (Å²) in [6, 6.07) is 13.5. The number of nitrogens with one attached hydrogen (secondary N) is 1. The second-order valence-electron chi connectivity index (χ2n) is 6.14. The molecule has 0 saturated carbocycles. The molecular weight excluding hydrogens is 387 g/mol. The average Bonchev–Trinajstić information content (AvgIpc) is 2.66. The Bertz CT molecular complexity index is 764. The molecule has 27 heavy (non-hydrogen) atoms. The molecule has 144 valence electrons. The van der Waals surface area contributed by atoms with Crippen molar-refractivity contribution in [1.29, 1.82) is 0 Å². The number of aliphatic hydroxyl groups excluding tert-OH is 1. The zero-order valence-electron chi connectivity index (χ0n) is 15.0. The van der Waals surface area contributed by atoms with E-state index in [2.05, 4.69) is 5.32 Å². The highest BCUT2D eigenvalue weighted by Crippen LogP contribution is 2.16. The minimum atomic E-state index is -0.688. The minimum absolute atomic E-state index is 0.142. The summed E-state index contributed by atoms with van der Waals surface area (Å²) in [7, 11) is 0. The van der Waals surface area contributed by atoms with Gasteiger partial charge < -0.3 is 15.3 Å². The molecule has 5 nitrogen and oxygen atoms in total. The van der Waals surface area contributed by atoms with Crippen LogP contribution in [0.2, 0.25) is 10.0 Å². The molecule has 2 amide bonds. The number of aliphatic hydroxyl groups is 1. The van der Waals surface area contributed by atoms with E-state index >= 15 is 0 Å². The maximum atomic E-state index is 12.9. The molecule has 0 radical (unpaired) electrons. The van der Waals surface area contributed by atoms with Crippen LogP contribution in [0.3, 0.4) is 0 Å². The lowest BCUT2D eigenvalue weighted by atomic mass is 10.1. The molecule has 0 aliphatic rings. The van der Waals surface area contributed by atoms with Gasteiger partial charge in [-0.3, -0.25) is 9.59 Å². The number of carbonyl (C=O) groups excluding carboxylic acids is 2. The lowest BCUT2D eigenvalue weighted by molar-refractivity contribution is -0.140. The highest BCUT2D eigenvalue weighted by atomic mass is 35.5. The molecule has 0 aliphatic carbocycles. The SMILES string of the molecule is CC(C(=O)NCCO)N(Cc1ccc(Cl)cc1)C(=O)Cc1ccc(Cl)cc1. The van der Waals surface area contributed by atoms with Crippen LogP contribution in [0, 0.1) is 0 Å². The molecule has 0 aliphatic heterocycles. The highest BCUT2D eigenvalue weighted by molar-refractivity contribution is 6.30. The van der Waals surface area contributed by atoms with E-state index in [1.165, 1.54) is 4.90 Å². The smallest absolute Gasteiger partial charge is 0.242 e. The van der Waals surface area contributed by atoms with Crippen LogP contribution in [0.25, 0.3) is 0 Å². The second-order valence-corrected chi connectivity index (χ2v) is 7.01. The standard InChI is InChI=1S/C20H22Cl2N2O3/c1-14(20(27)23-10-11-25)24(13-16-4-8-18(22)9-5-16)19(26)12-15-2-6-17(21)7-3-15/h2-9,14,25H,10-13H2,1H3,(H,23,27). The Balaban J connectivity index is 2.18. The summed E-state index contributed by atoms with van der Waals surface area (Å²) in [5.41, 5.74) is 1.68. The van der Waals surface area contributed by atoms with E-state index in [1.807, 2.05) is 12.1 Å². The van der Waals surface area contributed by atoms with E-state index in [9.17, 15) is 9.59 Å². The fourth-order valence-corrected chi connectivity index (χ4v) is 2.83. The maximum absolute atomic E-state index is 12.9. The van der Waals surface area contributed by atoms with Gasteiger partial charge in [-0.05, 0) is 42.3 Å². The molecule has 7 heteroatoms. The van der Waals surface area contributed by atoms with E-state index in [0.29, 0.717) is 10.0 Å². The molecular formula is C20H22Cl2N2O3. The van der Waals surface area contributed by atoms with Crippen LogP contribution in [0.4, 0.5) is 0 Å². The summed E-state index contributed by atoms with van der Waals surface area (Å²) in [5, 5.41) is 12.7. The largest absolute Gasteiger partial charge is 0.395 e. The van der Waals surface area contributed by atoms with Crippen molar-refractivity contribution in [3.63, 3.8) is 0 Å². The van der Waals surface area contributed by atoms with Gasteiger partial charge in [0.1, 0.15) is 6.04 Å². The number of carbonyl (C=O) groups is 2. The molecule has 0 fully saturated rings. The van der Waals surface area contributed by atoms with Crippen LogP contribution in [-0.4, -0.2) is 41.0 Å². The Morgan fingerprint density at radius 3 is 2.04 bits per heavy atom. The van der Waals surface area contributed by atoms with Gasteiger partial charge >= 0.3 is 0 Å². The van der Waals surface area contributed by atoms with Gasteiger partial charge in [-0.15, -0.1) is 0 Å². The van der Waals surface area contributed by atoms with Crippen molar-refractivity contribution in [3.8, 4) is 0 Å². The van der Waals surface area contributed by atoms with E-state index < -0.39 is 6.04 Å². The van der Waals surface area contributed by atoms with Gasteiger partial charge in [0.2, 0.25) is 11.8 Å². The second kappa shape index (κ2) is 10.3. The van der Waals surface area contributed by atoms with Crippen LogP contribution in [0.5, 0.6) is 0 Å². The lowest BCUT2D eigenvalue weighted by Crippen LogP contribution is -2.48. The van der Waals surface area contributed by atoms with Gasteiger partial charge in [-0.2, -0.15) is 0 Å². The number of hydrogen-bond donors (Lipinski definition) is 2. The summed E-state index contributed by atoms with van der Waals surface area (Å²) in [4.78, 5) is 26.8. The first-order valence-corrected chi connectivity index (χ1v) is 9.33. The number of nitrogens with zero attached hydrogens (tertiary/aromatic N) is 1. The number of amides is 2. The van der Waals surface area contributed by atoms with Crippen LogP contribution in [0.1, 0.15) is 18.1 Å². The zero-order valence-corrected chi connectivity index (χ0v) is 16.5. The Hall–Kier alpha value is -2.08. The summed E-state index contributed by atoms with van der Waals surface area (Å²) in [6.07, 6.45) is 0.155. The summed E-state index contributed by atoms with van der Waals surface area (Å²) in [5.74, 6) is -0.499. The van der Waals surface area contributed by atoms with Crippen molar-refractivity contribution in [3.05, 3.63) is 69.7 Å². The first kappa shape index (κ1) is 21.2. The molecule has 1 unspecified atom stereocenters. The Labute approximate surface area is 168 Å². The maximum Gasteiger partial charge on any atom is 0.242 e. The van der Waals surface area contributed by atoms with E-state index in [0.717, 1.165) is 11.1 Å². The van der Waals surface area contributed by atoms with Crippen molar-refractivity contribution in [1.82, 2.24) is 10.2 Å². The van der Waals surface area contributed by atoms with Crippen molar-refractivity contribution >= 4 is 35.0 Å². The van der Waals surface area contributed by atoms with Crippen LogP contribution in [-0.2, 0) is 22.6 Å². The van der Waals surface area contributed by atoms with Crippen molar-refractivity contribution in [2.75, 3.05) is 13.2 Å². The Morgan fingerprint density at radius 1 is 1.00 bits per heavy atom. The van der Waals surface area contributed by atoms with Crippen molar-refractivity contribution in [2.24, 2.45) is 0 Å². The third kappa shape index (κ3) is 6.54. The summed E-state index contributed by atoms with van der Waals surface area (Å²) in [6.45, 7) is 1.93. The van der Waals surface area contributed by atoms with Crippen LogP contribution in [0.15, 0.2) is 48.5 Å². The quantitative estimate of drug-likeness (QED) is 0.704. The third-order valence-corrected chi connectivity index (χ3v) is 4.62. The fraction of sp³-hybridized carbons (Fsp3) is 0.300. The fourth-order valence-electron chi connectivity index (χ4n) is 2.57. The number of benzene rings is 2. The monoisotopic (exact) mass is 408 g/mol. The van der Waals surface area contributed by atoms with Gasteiger partial charge in [0.25, 0.3) is 0 Å². The number of hydrogen-bond acceptors (Lipinski definition) is 3. The van der Waals surface area contributed by atoms with Crippen LogP contribution < -0.4 is 5.32 Å². The Morgan fingerprint density at radius 2 is 1.52 bits per heavy atom. The average molecular weight is 409 g/mol. The first-order chi connectivity index (χ1) is 12.9. The molecule has 2 aromatic rings. The predicted octanol–water partition coefficient (Wildman–Crippen LogP) is 3.06. The van der Waals surface area contributed by atoms with Gasteiger partial charge in [0.05, 0.1) is 13.0 Å². The van der Waals surface area contributed by atoms with Gasteiger partial charge in [0, 0.05) is 23.1 Å². The summed E-state index contributed by atoms with van der Waals surface area (Å²) >= 11 is 11.8. The number of halogens is 2. The van der Waals surface area contributed by atoms with Crippen LogP contribution >= 0.6 is 23.2 Å². The molecule has 2 aromatic carbocycles. The van der Waals surface area contributed by atoms with Gasteiger partial charge in [0.15, 0.2) is 0 Å². The predicted molar refractivity (Wildman–Crippen MR) is 107 cm³/mol. The first-order valence-electron chi connectivity index (χ1n) is 8.57. The third-order valence-electron chi connectivity index (χ3n) is 4.11. The normalized spacial score (nSPS) is 11.7. The molecule has 0 heterocycles. The lowest BCUT2D eigenvalue weighted by Gasteiger charge is -2.29. The van der Waals surface area contributed by atoms with Gasteiger partial charge in [-0.1, -0.05) is 47.5 Å². The topological polar surface area (TPSA) is 69.6 Å². The van der Waals surface area contributed by atoms with Crippen molar-refractivity contribution in [2.45, 2.75) is 25.9 Å². The van der Waals surface area contributed by atoms with Gasteiger partial charge in [-0.25, -0.2) is 0 Å². The Kier molecular flexibility index (Phi) is 8.10.